The van der Waals surface area contributed by atoms with Gasteiger partial charge in [0.15, 0.2) is 0 Å². The molecule has 2 unspecified atom stereocenters. The van der Waals surface area contributed by atoms with Crippen LogP contribution in [0.1, 0.15) is 31.2 Å². The van der Waals surface area contributed by atoms with Crippen LogP contribution in [0.25, 0.3) is 0 Å². The number of nitrogens with zero attached hydrogens (tertiary/aromatic N) is 2. The molecule has 1 saturated carbocycles. The summed E-state index contributed by atoms with van der Waals surface area (Å²) in [6.07, 6.45) is 6.81. The van der Waals surface area contributed by atoms with E-state index in [9.17, 15) is 0 Å². The van der Waals surface area contributed by atoms with Gasteiger partial charge >= 0.3 is 0 Å². The summed E-state index contributed by atoms with van der Waals surface area (Å²) in [5.41, 5.74) is 6.92. The second kappa shape index (κ2) is 6.89. The summed E-state index contributed by atoms with van der Waals surface area (Å²) in [5, 5.41) is 1.13. The lowest BCUT2D eigenvalue weighted by Gasteiger charge is -2.37. The second-order valence-electron chi connectivity index (χ2n) is 5.36. The first-order valence-corrected chi connectivity index (χ1v) is 7.57. The van der Waals surface area contributed by atoms with Crippen molar-refractivity contribution in [2.45, 2.75) is 38.3 Å². The van der Waals surface area contributed by atoms with Crippen LogP contribution >= 0.6 is 23.2 Å². The quantitative estimate of drug-likeness (QED) is 0.867. The third-order valence-electron chi connectivity index (χ3n) is 4.05. The lowest BCUT2D eigenvalue weighted by molar-refractivity contribution is 0.127. The molecule has 2 N–H and O–H groups in total. The van der Waals surface area contributed by atoms with Crippen molar-refractivity contribution in [1.82, 2.24) is 9.88 Å². The van der Waals surface area contributed by atoms with Gasteiger partial charge in [0.2, 0.25) is 0 Å². The summed E-state index contributed by atoms with van der Waals surface area (Å²) in [7, 11) is 2.14. The molecule has 19 heavy (non-hydrogen) atoms. The zero-order valence-electron chi connectivity index (χ0n) is 11.3. The van der Waals surface area contributed by atoms with Gasteiger partial charge in [-0.2, -0.15) is 0 Å². The molecule has 1 heterocycles. The molecule has 2 atom stereocenters. The fourth-order valence-electron chi connectivity index (χ4n) is 2.98. The van der Waals surface area contributed by atoms with Crippen LogP contribution in [0.5, 0.6) is 0 Å². The van der Waals surface area contributed by atoms with Gasteiger partial charge in [0.1, 0.15) is 5.15 Å². The first kappa shape index (κ1) is 15.0. The van der Waals surface area contributed by atoms with Crippen molar-refractivity contribution in [3.05, 3.63) is 28.0 Å². The molecule has 2 rings (SSSR count). The van der Waals surface area contributed by atoms with E-state index in [2.05, 4.69) is 16.9 Å². The summed E-state index contributed by atoms with van der Waals surface area (Å²) in [6.45, 7) is 1.56. The molecule has 0 bridgehead atoms. The van der Waals surface area contributed by atoms with Crippen LogP contribution in [-0.2, 0) is 6.54 Å². The van der Waals surface area contributed by atoms with E-state index in [1.165, 1.54) is 25.7 Å². The Kier molecular flexibility index (Phi) is 5.46. The standard InChI is InChI=1S/C14H21Cl2N3/c1-19(13-5-3-2-4-10(13)7-17)9-11-8-18-14(16)6-12(11)15/h6,8,10,13H,2-5,7,9,17H2,1H3. The molecule has 5 heteroatoms. The molecule has 1 aliphatic rings. The summed E-state index contributed by atoms with van der Waals surface area (Å²) in [4.78, 5) is 6.46. The van der Waals surface area contributed by atoms with E-state index in [-0.39, 0.29) is 0 Å². The van der Waals surface area contributed by atoms with Crippen LogP contribution in [0.15, 0.2) is 12.3 Å². The van der Waals surface area contributed by atoms with E-state index in [4.69, 9.17) is 28.9 Å². The summed E-state index contributed by atoms with van der Waals surface area (Å²) in [6, 6.07) is 2.25. The highest BCUT2D eigenvalue weighted by Gasteiger charge is 2.27. The van der Waals surface area contributed by atoms with Crippen molar-refractivity contribution < 1.29 is 0 Å². The smallest absolute Gasteiger partial charge is 0.130 e. The van der Waals surface area contributed by atoms with E-state index < -0.39 is 0 Å². The van der Waals surface area contributed by atoms with Gasteiger partial charge in [-0.1, -0.05) is 36.0 Å². The molecule has 0 radical (unpaired) electrons. The van der Waals surface area contributed by atoms with Gasteiger partial charge in [-0.05, 0) is 38.4 Å². The van der Waals surface area contributed by atoms with Crippen LogP contribution in [0, 0.1) is 5.92 Å². The first-order valence-electron chi connectivity index (χ1n) is 6.82. The minimum Gasteiger partial charge on any atom is -0.330 e. The number of hydrogen-bond donors (Lipinski definition) is 1. The van der Waals surface area contributed by atoms with E-state index >= 15 is 0 Å². The minimum atomic E-state index is 0.439. The second-order valence-corrected chi connectivity index (χ2v) is 6.16. The topological polar surface area (TPSA) is 42.2 Å². The van der Waals surface area contributed by atoms with Crippen molar-refractivity contribution in [3.8, 4) is 0 Å². The molecule has 0 aromatic carbocycles. The Labute approximate surface area is 125 Å². The van der Waals surface area contributed by atoms with Crippen molar-refractivity contribution >= 4 is 23.2 Å². The van der Waals surface area contributed by atoms with E-state index in [1.807, 2.05) is 0 Å². The SMILES string of the molecule is CN(Cc1cnc(Cl)cc1Cl)C1CCCCC1CN. The van der Waals surface area contributed by atoms with Gasteiger partial charge in [-0.25, -0.2) is 4.98 Å². The third-order valence-corrected chi connectivity index (χ3v) is 4.61. The van der Waals surface area contributed by atoms with Crippen LogP contribution in [0.3, 0.4) is 0 Å². The molecule has 3 nitrogen and oxygen atoms in total. The summed E-state index contributed by atoms with van der Waals surface area (Å²) in [5.74, 6) is 0.595. The maximum absolute atomic E-state index is 6.21. The molecular weight excluding hydrogens is 281 g/mol. The van der Waals surface area contributed by atoms with Crippen LogP contribution in [-0.4, -0.2) is 29.5 Å². The zero-order chi connectivity index (χ0) is 13.8. The average Bonchev–Trinajstić information content (AvgIpc) is 2.41. The Balaban J connectivity index is 2.04. The van der Waals surface area contributed by atoms with Gasteiger partial charge in [0, 0.05) is 29.4 Å². The molecule has 1 fully saturated rings. The Morgan fingerprint density at radius 2 is 2.11 bits per heavy atom. The predicted molar refractivity (Wildman–Crippen MR) is 80.5 cm³/mol. The summed E-state index contributed by atoms with van der Waals surface area (Å²) >= 11 is 12.0. The molecule has 1 aromatic heterocycles. The number of aromatic nitrogens is 1. The largest absolute Gasteiger partial charge is 0.330 e. The fourth-order valence-corrected chi connectivity index (χ4v) is 3.41. The molecular formula is C14H21Cl2N3. The van der Waals surface area contributed by atoms with Crippen LogP contribution < -0.4 is 5.73 Å². The van der Waals surface area contributed by atoms with Gasteiger partial charge in [-0.3, -0.25) is 4.90 Å². The number of halogens is 2. The number of nitrogens with two attached hydrogens (primary N) is 1. The average molecular weight is 302 g/mol. The molecule has 0 saturated heterocycles. The van der Waals surface area contributed by atoms with Crippen molar-refractivity contribution in [2.24, 2.45) is 11.7 Å². The maximum atomic E-state index is 6.21. The number of rotatable bonds is 4. The van der Waals surface area contributed by atoms with Gasteiger partial charge in [0.05, 0.1) is 0 Å². The van der Waals surface area contributed by atoms with Crippen molar-refractivity contribution in [2.75, 3.05) is 13.6 Å². The van der Waals surface area contributed by atoms with Crippen LogP contribution in [0.4, 0.5) is 0 Å². The molecule has 0 amide bonds. The normalized spacial score (nSPS) is 23.8. The van der Waals surface area contributed by atoms with Gasteiger partial charge < -0.3 is 5.73 Å². The Bertz CT molecular complexity index is 425. The third kappa shape index (κ3) is 3.82. The fraction of sp³-hybridized carbons (Fsp3) is 0.643. The van der Waals surface area contributed by atoms with E-state index in [0.29, 0.717) is 22.1 Å². The number of pyridine rings is 1. The monoisotopic (exact) mass is 301 g/mol. The lowest BCUT2D eigenvalue weighted by Crippen LogP contribution is -2.42. The molecule has 0 aliphatic heterocycles. The lowest BCUT2D eigenvalue weighted by atomic mass is 9.83. The highest BCUT2D eigenvalue weighted by atomic mass is 35.5. The minimum absolute atomic E-state index is 0.439. The first-order chi connectivity index (χ1) is 9.11. The molecule has 1 aromatic rings. The van der Waals surface area contributed by atoms with Gasteiger partial charge in [0.25, 0.3) is 0 Å². The molecule has 106 valence electrons. The van der Waals surface area contributed by atoms with Crippen molar-refractivity contribution in [1.29, 1.82) is 0 Å². The Morgan fingerprint density at radius 1 is 1.37 bits per heavy atom. The van der Waals surface area contributed by atoms with E-state index in [1.54, 1.807) is 12.3 Å². The predicted octanol–water partition coefficient (Wildman–Crippen LogP) is 3.34. The van der Waals surface area contributed by atoms with Crippen molar-refractivity contribution in [3.63, 3.8) is 0 Å². The highest BCUT2D eigenvalue weighted by Crippen LogP contribution is 2.29. The highest BCUT2D eigenvalue weighted by molar-refractivity contribution is 6.34. The maximum Gasteiger partial charge on any atom is 0.130 e. The zero-order valence-corrected chi connectivity index (χ0v) is 12.8. The van der Waals surface area contributed by atoms with E-state index in [0.717, 1.165) is 18.7 Å². The summed E-state index contributed by atoms with van der Waals surface area (Å²) < 4.78 is 0. The molecule has 0 spiro atoms. The number of hydrogen-bond acceptors (Lipinski definition) is 3. The van der Waals surface area contributed by atoms with Gasteiger partial charge in [-0.15, -0.1) is 0 Å². The Morgan fingerprint density at radius 3 is 2.79 bits per heavy atom. The Hall–Kier alpha value is -0.350. The van der Waals surface area contributed by atoms with Crippen LogP contribution in [0.2, 0.25) is 10.2 Å². The molecule has 1 aliphatic carbocycles.